The van der Waals surface area contributed by atoms with E-state index < -0.39 is 0 Å². The molecule has 4 heteroatoms. The second-order valence-electron chi connectivity index (χ2n) is 5.47. The van der Waals surface area contributed by atoms with Gasteiger partial charge in [0.1, 0.15) is 0 Å². The van der Waals surface area contributed by atoms with Gasteiger partial charge in [-0.15, -0.1) is 11.3 Å². The van der Waals surface area contributed by atoms with Crippen LogP contribution in [0.25, 0.3) is 10.9 Å². The van der Waals surface area contributed by atoms with Crippen molar-refractivity contribution in [1.29, 1.82) is 0 Å². The number of benzene rings is 1. The van der Waals surface area contributed by atoms with Gasteiger partial charge in [-0.1, -0.05) is 6.07 Å². The lowest BCUT2D eigenvalue weighted by molar-refractivity contribution is 0.688. The minimum absolute atomic E-state index is 0.764. The van der Waals surface area contributed by atoms with Crippen molar-refractivity contribution in [1.82, 2.24) is 14.9 Å². The van der Waals surface area contributed by atoms with E-state index in [9.17, 15) is 0 Å². The van der Waals surface area contributed by atoms with Crippen LogP contribution < -0.4 is 5.32 Å². The van der Waals surface area contributed by atoms with E-state index in [-0.39, 0.29) is 0 Å². The fraction of sp³-hybridized carbons (Fsp3) is 0.312. The van der Waals surface area contributed by atoms with Gasteiger partial charge < -0.3 is 9.88 Å². The lowest BCUT2D eigenvalue weighted by Crippen LogP contribution is -2.15. The quantitative estimate of drug-likeness (QED) is 0.778. The van der Waals surface area contributed by atoms with Crippen LogP contribution in [0.2, 0.25) is 0 Å². The maximum atomic E-state index is 4.36. The molecule has 0 aliphatic heterocycles. The van der Waals surface area contributed by atoms with Crippen LogP contribution in [0, 0.1) is 0 Å². The van der Waals surface area contributed by atoms with Gasteiger partial charge in [0, 0.05) is 29.7 Å². The van der Waals surface area contributed by atoms with Crippen LogP contribution in [0.1, 0.15) is 24.1 Å². The molecule has 1 N–H and O–H groups in total. The van der Waals surface area contributed by atoms with E-state index in [0.717, 1.165) is 24.8 Å². The molecular formula is C16H17N3S. The van der Waals surface area contributed by atoms with Crippen molar-refractivity contribution in [3.05, 3.63) is 52.6 Å². The topological polar surface area (TPSA) is 29.9 Å². The second-order valence-corrected chi connectivity index (χ2v) is 6.19. The van der Waals surface area contributed by atoms with Gasteiger partial charge in [-0.3, -0.25) is 0 Å². The molecule has 1 saturated carbocycles. The van der Waals surface area contributed by atoms with E-state index in [1.807, 2.05) is 5.51 Å². The molecule has 1 aromatic carbocycles. The largest absolute Gasteiger partial charge is 0.341 e. The summed E-state index contributed by atoms with van der Waals surface area (Å²) in [5.41, 5.74) is 5.68. The van der Waals surface area contributed by atoms with Crippen molar-refractivity contribution < 1.29 is 0 Å². The second kappa shape index (κ2) is 5.04. The average Bonchev–Trinajstić information content (AvgIpc) is 3.00. The van der Waals surface area contributed by atoms with Gasteiger partial charge in [-0.25, -0.2) is 4.98 Å². The lowest BCUT2D eigenvalue weighted by Gasteiger charge is -2.06. The Bertz CT molecular complexity index is 710. The highest BCUT2D eigenvalue weighted by Crippen LogP contribution is 2.22. The number of fused-ring (bicyclic) bond motifs is 1. The average molecular weight is 283 g/mol. The molecule has 3 nitrogen and oxygen atoms in total. The van der Waals surface area contributed by atoms with E-state index in [1.165, 1.54) is 29.3 Å². The zero-order chi connectivity index (χ0) is 13.4. The number of rotatable bonds is 5. The zero-order valence-corrected chi connectivity index (χ0v) is 12.1. The summed E-state index contributed by atoms with van der Waals surface area (Å²) in [6.45, 7) is 1.84. The third-order valence-electron chi connectivity index (χ3n) is 3.82. The van der Waals surface area contributed by atoms with Gasteiger partial charge in [0.05, 0.1) is 17.7 Å². The van der Waals surface area contributed by atoms with Crippen LogP contribution in [-0.4, -0.2) is 15.6 Å². The van der Waals surface area contributed by atoms with Gasteiger partial charge in [0.25, 0.3) is 0 Å². The minimum Gasteiger partial charge on any atom is -0.341 e. The van der Waals surface area contributed by atoms with Gasteiger partial charge in [-0.05, 0) is 42.0 Å². The predicted octanol–water partition coefficient (Wildman–Crippen LogP) is 3.40. The number of hydrogen-bond donors (Lipinski definition) is 1. The first-order chi connectivity index (χ1) is 9.88. The zero-order valence-electron chi connectivity index (χ0n) is 11.2. The molecular weight excluding hydrogens is 266 g/mol. The first-order valence-electron chi connectivity index (χ1n) is 7.07. The molecule has 0 radical (unpaired) electrons. The minimum atomic E-state index is 0.764. The summed E-state index contributed by atoms with van der Waals surface area (Å²) in [6.07, 6.45) is 4.83. The lowest BCUT2D eigenvalue weighted by atomic mass is 10.1. The first kappa shape index (κ1) is 12.1. The molecule has 0 atom stereocenters. The summed E-state index contributed by atoms with van der Waals surface area (Å²) in [5, 5.41) is 6.99. The third-order valence-corrected chi connectivity index (χ3v) is 4.46. The smallest absolute Gasteiger partial charge is 0.0795 e. The molecule has 2 aromatic heterocycles. The van der Waals surface area contributed by atoms with Gasteiger partial charge in [-0.2, -0.15) is 0 Å². The van der Waals surface area contributed by atoms with Crippen LogP contribution in [-0.2, 0) is 13.1 Å². The van der Waals surface area contributed by atoms with Gasteiger partial charge >= 0.3 is 0 Å². The Kier molecular flexibility index (Phi) is 3.05. The Morgan fingerprint density at radius 1 is 1.30 bits per heavy atom. The molecule has 0 spiro atoms. The van der Waals surface area contributed by atoms with Crippen molar-refractivity contribution in [2.24, 2.45) is 0 Å². The summed E-state index contributed by atoms with van der Waals surface area (Å²) >= 11 is 1.65. The highest BCUT2D eigenvalue weighted by Gasteiger charge is 2.19. The van der Waals surface area contributed by atoms with Crippen molar-refractivity contribution in [3.8, 4) is 0 Å². The maximum absolute atomic E-state index is 4.36. The molecule has 20 heavy (non-hydrogen) atoms. The van der Waals surface area contributed by atoms with E-state index >= 15 is 0 Å². The summed E-state index contributed by atoms with van der Waals surface area (Å²) in [7, 11) is 0. The molecule has 0 amide bonds. The van der Waals surface area contributed by atoms with Crippen LogP contribution in [0.15, 0.2) is 41.4 Å². The molecule has 0 saturated heterocycles. The monoisotopic (exact) mass is 283 g/mol. The highest BCUT2D eigenvalue weighted by molar-refractivity contribution is 7.07. The maximum Gasteiger partial charge on any atom is 0.0795 e. The fourth-order valence-corrected chi connectivity index (χ4v) is 3.09. The van der Waals surface area contributed by atoms with Crippen LogP contribution >= 0.6 is 11.3 Å². The summed E-state index contributed by atoms with van der Waals surface area (Å²) in [4.78, 5) is 4.36. The first-order valence-corrected chi connectivity index (χ1v) is 8.01. The highest BCUT2D eigenvalue weighted by atomic mass is 32.1. The number of nitrogens with one attached hydrogen (secondary N) is 1. The van der Waals surface area contributed by atoms with E-state index in [4.69, 9.17) is 0 Å². The van der Waals surface area contributed by atoms with Crippen LogP contribution in [0.5, 0.6) is 0 Å². The molecule has 1 aliphatic rings. The molecule has 3 aromatic rings. The van der Waals surface area contributed by atoms with Crippen molar-refractivity contribution in [2.75, 3.05) is 0 Å². The summed E-state index contributed by atoms with van der Waals surface area (Å²) in [5.74, 6) is 0. The van der Waals surface area contributed by atoms with Gasteiger partial charge in [0.2, 0.25) is 0 Å². The Labute approximate surface area is 122 Å². The third kappa shape index (κ3) is 2.49. The standard InChI is InChI=1S/C16H17N3S/c1-4-16-13(7-12(1)8-17-14-2-3-14)5-6-19(16)9-15-10-20-11-18-15/h1,4-7,10-11,14,17H,2-3,8-9H2. The Morgan fingerprint density at radius 2 is 2.25 bits per heavy atom. The van der Waals surface area contributed by atoms with E-state index in [1.54, 1.807) is 11.3 Å². The van der Waals surface area contributed by atoms with Crippen molar-refractivity contribution in [3.63, 3.8) is 0 Å². The molecule has 4 rings (SSSR count). The predicted molar refractivity (Wildman–Crippen MR) is 83.0 cm³/mol. The normalized spacial score (nSPS) is 15.0. The molecule has 102 valence electrons. The molecule has 1 fully saturated rings. The number of hydrogen-bond acceptors (Lipinski definition) is 3. The fourth-order valence-electron chi connectivity index (χ4n) is 2.54. The summed E-state index contributed by atoms with van der Waals surface area (Å²) in [6, 6.07) is 9.71. The van der Waals surface area contributed by atoms with E-state index in [0.29, 0.717) is 0 Å². The molecule has 1 aliphatic carbocycles. The molecule has 0 unspecified atom stereocenters. The van der Waals surface area contributed by atoms with Crippen molar-refractivity contribution in [2.45, 2.75) is 32.0 Å². The summed E-state index contributed by atoms with van der Waals surface area (Å²) < 4.78 is 2.27. The Morgan fingerprint density at radius 3 is 3.05 bits per heavy atom. The van der Waals surface area contributed by atoms with Crippen LogP contribution in [0.3, 0.4) is 0 Å². The Balaban J connectivity index is 1.57. The number of aromatic nitrogens is 2. The molecule has 0 bridgehead atoms. The van der Waals surface area contributed by atoms with E-state index in [2.05, 4.69) is 50.7 Å². The Hall–Kier alpha value is -1.65. The molecule has 2 heterocycles. The number of thiazole rings is 1. The van der Waals surface area contributed by atoms with Gasteiger partial charge in [0.15, 0.2) is 0 Å². The van der Waals surface area contributed by atoms with Crippen LogP contribution in [0.4, 0.5) is 0 Å². The van der Waals surface area contributed by atoms with Crippen molar-refractivity contribution >= 4 is 22.2 Å². The number of nitrogens with zero attached hydrogens (tertiary/aromatic N) is 2. The SMILES string of the molecule is c1nc(Cn2ccc3cc(CNC4CC4)ccc32)cs1.